The van der Waals surface area contributed by atoms with Gasteiger partial charge in [-0.3, -0.25) is 4.57 Å². The van der Waals surface area contributed by atoms with Crippen LogP contribution in [0.4, 0.5) is 5.69 Å². The summed E-state index contributed by atoms with van der Waals surface area (Å²) in [5.41, 5.74) is 9.40. The first-order valence-corrected chi connectivity index (χ1v) is 12.3. The van der Waals surface area contributed by atoms with Gasteiger partial charge in [0.25, 0.3) is 0 Å². The van der Waals surface area contributed by atoms with Crippen LogP contribution in [0, 0.1) is 5.41 Å². The Bertz CT molecular complexity index is 1340. The predicted octanol–water partition coefficient (Wildman–Crippen LogP) is 4.43. The molecule has 6 rings (SSSR count). The van der Waals surface area contributed by atoms with E-state index in [1.54, 1.807) is 0 Å². The van der Waals surface area contributed by atoms with Crippen LogP contribution in [-0.4, -0.2) is 53.5 Å². The molecule has 2 N–H and O–H groups in total. The fraction of sp³-hybridized carbons (Fsp3) is 0.357. The highest BCUT2D eigenvalue weighted by Crippen LogP contribution is 2.31. The van der Waals surface area contributed by atoms with Crippen LogP contribution >= 0.6 is 0 Å². The number of aromatic nitrogens is 3. The first-order valence-electron chi connectivity index (χ1n) is 12.3. The number of anilines is 1. The molecular weight excluding hydrogens is 438 g/mol. The summed E-state index contributed by atoms with van der Waals surface area (Å²) in [4.78, 5) is 12.2. The van der Waals surface area contributed by atoms with Crippen molar-refractivity contribution in [2.75, 3.05) is 37.8 Å². The minimum atomic E-state index is 0.0978. The Hall–Kier alpha value is -3.42. The number of hydrogen-bond donors (Lipinski definition) is 1. The third kappa shape index (κ3) is 4.37. The number of benzene rings is 2. The highest BCUT2D eigenvalue weighted by Gasteiger charge is 2.34. The van der Waals surface area contributed by atoms with Gasteiger partial charge in [-0.25, -0.2) is 9.97 Å². The molecular formula is C28H31N5O2. The summed E-state index contributed by atoms with van der Waals surface area (Å²) in [6.45, 7) is 6.24. The molecule has 0 amide bonds. The maximum Gasteiger partial charge on any atom is 0.145 e. The number of imidazole rings is 1. The molecule has 0 unspecified atom stereocenters. The lowest BCUT2D eigenvalue weighted by Gasteiger charge is -2.37. The van der Waals surface area contributed by atoms with Crippen LogP contribution in [0.15, 0.2) is 67.0 Å². The van der Waals surface area contributed by atoms with Gasteiger partial charge in [-0.1, -0.05) is 31.2 Å². The highest BCUT2D eigenvalue weighted by atomic mass is 16.5. The first kappa shape index (κ1) is 22.1. The number of hydrogen-bond acceptors (Lipinski definition) is 6. The van der Waals surface area contributed by atoms with Gasteiger partial charge in [0.1, 0.15) is 17.4 Å². The third-order valence-electron chi connectivity index (χ3n) is 7.03. The largest absolute Gasteiger partial charge is 0.493 e. The van der Waals surface area contributed by atoms with Crippen LogP contribution < -0.4 is 15.4 Å². The molecule has 0 bridgehead atoms. The Morgan fingerprint density at radius 2 is 1.91 bits per heavy atom. The Balaban J connectivity index is 1.32. The number of para-hydroxylation sites is 1. The Kier molecular flexibility index (Phi) is 5.66. The number of rotatable bonds is 6. The van der Waals surface area contributed by atoms with Gasteiger partial charge in [-0.2, -0.15) is 0 Å². The van der Waals surface area contributed by atoms with E-state index in [-0.39, 0.29) is 5.41 Å². The zero-order valence-corrected chi connectivity index (χ0v) is 20.1. The van der Waals surface area contributed by atoms with Crippen molar-refractivity contribution in [3.63, 3.8) is 0 Å². The van der Waals surface area contributed by atoms with E-state index in [0.29, 0.717) is 12.6 Å². The van der Waals surface area contributed by atoms with Crippen LogP contribution in [0.3, 0.4) is 0 Å². The average molecular weight is 470 g/mol. The molecule has 4 aromatic rings. The van der Waals surface area contributed by atoms with Crippen LogP contribution in [-0.2, 0) is 4.74 Å². The number of ether oxygens (including phenoxy) is 2. The molecule has 2 fully saturated rings. The van der Waals surface area contributed by atoms with Crippen LogP contribution in [0.5, 0.6) is 5.75 Å². The molecule has 2 aromatic heterocycles. The van der Waals surface area contributed by atoms with Gasteiger partial charge in [-0.05, 0) is 43.2 Å². The van der Waals surface area contributed by atoms with E-state index in [0.717, 1.165) is 73.0 Å². The second-order valence-corrected chi connectivity index (χ2v) is 10.1. The quantitative estimate of drug-likeness (QED) is 0.450. The fourth-order valence-electron chi connectivity index (χ4n) is 4.87. The predicted molar refractivity (Wildman–Crippen MR) is 138 cm³/mol. The standard InChI is InChI=1S/C28H31N5O2/c1-28(17-34-18-28)19-35-23-6-2-5-21(16-23)27-30-12-15-33(27)25-9-8-20-4-3-7-24(26(20)31-25)32-13-10-22(29)11-14-32/h2-9,12,15-16,22H,10-11,13-14,17-19,29H2,1H3. The number of nitrogens with two attached hydrogens (primary N) is 1. The van der Waals surface area contributed by atoms with E-state index in [2.05, 4.69) is 53.2 Å². The minimum Gasteiger partial charge on any atom is -0.493 e. The van der Waals surface area contributed by atoms with Gasteiger partial charge in [0.2, 0.25) is 0 Å². The fourth-order valence-corrected chi connectivity index (χ4v) is 4.87. The number of fused-ring (bicyclic) bond motifs is 1. The van der Waals surface area contributed by atoms with Gasteiger partial charge < -0.3 is 20.1 Å². The van der Waals surface area contributed by atoms with E-state index < -0.39 is 0 Å². The van der Waals surface area contributed by atoms with Crippen molar-refractivity contribution in [2.24, 2.45) is 11.1 Å². The zero-order chi connectivity index (χ0) is 23.8. The second kappa shape index (κ2) is 8.98. The smallest absolute Gasteiger partial charge is 0.145 e. The Morgan fingerprint density at radius 1 is 1.09 bits per heavy atom. The van der Waals surface area contributed by atoms with Crippen molar-refractivity contribution < 1.29 is 9.47 Å². The summed E-state index contributed by atoms with van der Waals surface area (Å²) >= 11 is 0. The number of nitrogens with zero attached hydrogens (tertiary/aromatic N) is 4. The molecule has 35 heavy (non-hydrogen) atoms. The monoisotopic (exact) mass is 469 g/mol. The molecule has 0 aliphatic carbocycles. The molecule has 0 spiro atoms. The molecule has 4 heterocycles. The van der Waals surface area contributed by atoms with Gasteiger partial charge in [0.15, 0.2) is 0 Å². The van der Waals surface area contributed by atoms with Gasteiger partial charge in [0.05, 0.1) is 31.0 Å². The number of pyridine rings is 1. The highest BCUT2D eigenvalue weighted by molar-refractivity contribution is 5.91. The molecule has 7 nitrogen and oxygen atoms in total. The van der Waals surface area contributed by atoms with Gasteiger partial charge in [-0.15, -0.1) is 0 Å². The molecule has 180 valence electrons. The molecule has 2 aliphatic heterocycles. The molecule has 2 aliphatic rings. The Morgan fingerprint density at radius 3 is 2.71 bits per heavy atom. The van der Waals surface area contributed by atoms with Crippen LogP contribution in [0.25, 0.3) is 28.1 Å². The van der Waals surface area contributed by atoms with Crippen molar-refractivity contribution >= 4 is 16.6 Å². The SMILES string of the molecule is CC1(COc2cccc(-c3nccn3-c3ccc4cccc(N5CCC(N)CC5)c4n3)c2)COC1. The van der Waals surface area contributed by atoms with E-state index in [4.69, 9.17) is 20.2 Å². The molecule has 0 radical (unpaired) electrons. The minimum absolute atomic E-state index is 0.0978. The van der Waals surface area contributed by atoms with E-state index in [9.17, 15) is 0 Å². The molecule has 0 atom stereocenters. The van der Waals surface area contributed by atoms with Crippen molar-refractivity contribution in [3.8, 4) is 23.0 Å². The van der Waals surface area contributed by atoms with Crippen LogP contribution in [0.2, 0.25) is 0 Å². The average Bonchev–Trinajstić information content (AvgIpc) is 3.37. The topological polar surface area (TPSA) is 78.4 Å². The summed E-state index contributed by atoms with van der Waals surface area (Å²) < 4.78 is 13.5. The Labute approximate surface area is 205 Å². The maximum absolute atomic E-state index is 6.14. The normalized spacial score (nSPS) is 17.9. The summed E-state index contributed by atoms with van der Waals surface area (Å²) in [7, 11) is 0. The lowest BCUT2D eigenvalue weighted by Crippen LogP contribution is -2.44. The second-order valence-electron chi connectivity index (χ2n) is 10.1. The van der Waals surface area contributed by atoms with Crippen LogP contribution in [0.1, 0.15) is 19.8 Å². The van der Waals surface area contributed by atoms with E-state index >= 15 is 0 Å². The van der Waals surface area contributed by atoms with Crippen molar-refractivity contribution in [2.45, 2.75) is 25.8 Å². The lowest BCUT2D eigenvalue weighted by molar-refractivity contribution is -0.120. The molecule has 2 aromatic carbocycles. The van der Waals surface area contributed by atoms with Gasteiger partial charge >= 0.3 is 0 Å². The van der Waals surface area contributed by atoms with Crippen molar-refractivity contribution in [1.82, 2.24) is 14.5 Å². The van der Waals surface area contributed by atoms with Crippen molar-refractivity contribution in [1.29, 1.82) is 0 Å². The summed E-state index contributed by atoms with van der Waals surface area (Å²) in [5.74, 6) is 2.51. The van der Waals surface area contributed by atoms with E-state index in [1.807, 2.05) is 35.2 Å². The summed E-state index contributed by atoms with van der Waals surface area (Å²) in [6, 6.07) is 19.0. The third-order valence-corrected chi connectivity index (χ3v) is 7.03. The summed E-state index contributed by atoms with van der Waals surface area (Å²) in [6.07, 6.45) is 5.80. The van der Waals surface area contributed by atoms with Crippen molar-refractivity contribution in [3.05, 3.63) is 67.0 Å². The maximum atomic E-state index is 6.14. The molecule has 0 saturated carbocycles. The molecule has 2 saturated heterocycles. The first-order chi connectivity index (χ1) is 17.1. The zero-order valence-electron chi connectivity index (χ0n) is 20.1. The van der Waals surface area contributed by atoms with E-state index in [1.165, 1.54) is 5.69 Å². The molecule has 7 heteroatoms. The lowest BCUT2D eigenvalue weighted by atomic mass is 9.90. The van der Waals surface area contributed by atoms with Gasteiger partial charge in [0, 0.05) is 47.9 Å². The summed E-state index contributed by atoms with van der Waals surface area (Å²) in [5, 5.41) is 1.13. The number of piperidine rings is 1.